The summed E-state index contributed by atoms with van der Waals surface area (Å²) < 4.78 is 6.07. The number of imide groups is 1. The summed E-state index contributed by atoms with van der Waals surface area (Å²) >= 11 is 0. The summed E-state index contributed by atoms with van der Waals surface area (Å²) in [6.45, 7) is 0. The number of hydrogen-bond acceptors (Lipinski definition) is 7. The van der Waals surface area contributed by atoms with Gasteiger partial charge < -0.3 is 9.52 Å². The lowest BCUT2D eigenvalue weighted by Crippen LogP contribution is -2.56. The molecule has 3 aromatic rings. The van der Waals surface area contributed by atoms with Crippen molar-refractivity contribution in [2.24, 2.45) is 17.8 Å². The van der Waals surface area contributed by atoms with Crippen molar-refractivity contribution >= 4 is 40.1 Å². The Hall–Kier alpha value is -4.05. The number of nitro groups is 1. The lowest BCUT2D eigenvalue weighted by molar-refractivity contribution is -0.384. The predicted molar refractivity (Wildman–Crippen MR) is 136 cm³/mol. The third kappa shape index (κ3) is 3.70. The number of amides is 2. The maximum Gasteiger partial charge on any atom is 0.324 e. The average molecular weight is 518 g/mol. The zero-order valence-corrected chi connectivity index (χ0v) is 20.5. The Kier molecular flexibility index (Phi) is 5.79. The molecule has 4 unspecified atom stereocenters. The zero-order chi connectivity index (χ0) is 26.6. The first-order chi connectivity index (χ1) is 18.3. The van der Waals surface area contributed by atoms with Crippen LogP contribution in [0.2, 0.25) is 0 Å². The molecule has 1 aliphatic carbocycles. The van der Waals surface area contributed by atoms with Gasteiger partial charge in [-0.2, -0.15) is 0 Å². The molecule has 196 valence electrons. The topological polar surface area (TPSA) is 143 Å². The van der Waals surface area contributed by atoms with E-state index in [0.29, 0.717) is 11.3 Å². The molecule has 1 aromatic heterocycles. The standard InChI is InChI=1S/C28H27N3O7/c32-25-22-23(26(33)30(25)18-10-6-11-19(14-18)31(36)37)28(27(34)35,15-16-7-2-1-3-8-16)29-24(22)21-13-17-9-4-5-12-20(17)38-21/h4-6,9-14,16,22-24,29H,1-3,7-8,15H2,(H,34,35). The van der Waals surface area contributed by atoms with Crippen molar-refractivity contribution in [2.75, 3.05) is 4.90 Å². The van der Waals surface area contributed by atoms with Crippen LogP contribution in [0.5, 0.6) is 0 Å². The van der Waals surface area contributed by atoms with Crippen molar-refractivity contribution in [2.45, 2.75) is 50.1 Å². The number of anilines is 1. The third-order valence-electron chi connectivity index (χ3n) is 8.42. The minimum absolute atomic E-state index is 0.0592. The number of nitrogens with zero attached hydrogens (tertiary/aromatic N) is 2. The second-order valence-electron chi connectivity index (χ2n) is 10.6. The van der Waals surface area contributed by atoms with E-state index in [9.17, 15) is 29.6 Å². The summed E-state index contributed by atoms with van der Waals surface area (Å²) in [4.78, 5) is 52.7. The number of rotatable bonds is 6. The lowest BCUT2D eigenvalue weighted by Gasteiger charge is -2.35. The van der Waals surface area contributed by atoms with Crippen LogP contribution >= 0.6 is 0 Å². The molecule has 10 nitrogen and oxygen atoms in total. The van der Waals surface area contributed by atoms with Gasteiger partial charge in [0.15, 0.2) is 0 Å². The van der Waals surface area contributed by atoms with Crippen molar-refractivity contribution in [1.29, 1.82) is 0 Å². The summed E-state index contributed by atoms with van der Waals surface area (Å²) in [5, 5.41) is 26.1. The van der Waals surface area contributed by atoms with E-state index in [1.165, 1.54) is 24.3 Å². The molecule has 38 heavy (non-hydrogen) atoms. The summed E-state index contributed by atoms with van der Waals surface area (Å²) in [7, 11) is 0. The Morgan fingerprint density at radius 2 is 1.84 bits per heavy atom. The molecule has 2 N–H and O–H groups in total. The van der Waals surface area contributed by atoms with Gasteiger partial charge in [-0.1, -0.05) is 56.4 Å². The Balaban J connectivity index is 1.47. The Morgan fingerprint density at radius 1 is 1.08 bits per heavy atom. The summed E-state index contributed by atoms with van der Waals surface area (Å²) in [5.41, 5.74) is -1.30. The molecule has 0 radical (unpaired) electrons. The molecule has 4 atom stereocenters. The highest BCUT2D eigenvalue weighted by Gasteiger charge is 2.69. The third-order valence-corrected chi connectivity index (χ3v) is 8.42. The molecule has 0 spiro atoms. The molecule has 3 aliphatic rings. The number of non-ortho nitro benzene ring substituents is 1. The van der Waals surface area contributed by atoms with Crippen LogP contribution < -0.4 is 10.2 Å². The molecule has 6 rings (SSSR count). The first-order valence-corrected chi connectivity index (χ1v) is 12.9. The number of carboxylic acids is 1. The van der Waals surface area contributed by atoms with E-state index in [1.807, 2.05) is 18.2 Å². The van der Waals surface area contributed by atoms with Crippen molar-refractivity contribution in [1.82, 2.24) is 5.32 Å². The van der Waals surface area contributed by atoms with Gasteiger partial charge >= 0.3 is 5.97 Å². The number of furan rings is 1. The van der Waals surface area contributed by atoms with Gasteiger partial charge in [0.25, 0.3) is 5.69 Å². The Morgan fingerprint density at radius 3 is 2.55 bits per heavy atom. The van der Waals surface area contributed by atoms with Crippen LogP contribution in [0.3, 0.4) is 0 Å². The smallest absolute Gasteiger partial charge is 0.324 e. The molecule has 1 saturated carbocycles. The molecular weight excluding hydrogens is 490 g/mol. The number of benzene rings is 2. The number of nitrogens with one attached hydrogen (secondary N) is 1. The minimum atomic E-state index is -1.68. The quantitative estimate of drug-likeness (QED) is 0.275. The SMILES string of the molecule is O=C1C2C(c3cc4ccccc4o3)NC(CC3CCCCC3)(C(=O)O)C2C(=O)N1c1cccc([N+](=O)[O-])c1. The van der Waals surface area contributed by atoms with Crippen molar-refractivity contribution in [3.05, 3.63) is 70.5 Å². The highest BCUT2D eigenvalue weighted by molar-refractivity contribution is 6.24. The fourth-order valence-corrected chi connectivity index (χ4v) is 6.72. The van der Waals surface area contributed by atoms with Gasteiger partial charge in [0, 0.05) is 17.5 Å². The molecule has 3 heterocycles. The predicted octanol–water partition coefficient (Wildman–Crippen LogP) is 4.58. The number of nitro benzene ring substituents is 1. The van der Waals surface area contributed by atoms with Gasteiger partial charge in [-0.05, 0) is 30.5 Å². The number of para-hydroxylation sites is 1. The number of hydrogen-bond donors (Lipinski definition) is 2. The monoisotopic (exact) mass is 517 g/mol. The molecule has 10 heteroatoms. The van der Waals surface area contributed by atoms with Gasteiger partial charge in [0.05, 0.1) is 28.5 Å². The van der Waals surface area contributed by atoms with Gasteiger partial charge in [0.1, 0.15) is 16.9 Å². The second-order valence-corrected chi connectivity index (χ2v) is 10.6. The fraction of sp³-hybridized carbons (Fsp3) is 0.393. The average Bonchev–Trinajstić information content (AvgIpc) is 3.56. The van der Waals surface area contributed by atoms with Gasteiger partial charge in [-0.3, -0.25) is 29.8 Å². The first-order valence-electron chi connectivity index (χ1n) is 12.9. The minimum Gasteiger partial charge on any atom is -0.480 e. The van der Waals surface area contributed by atoms with Crippen LogP contribution in [-0.2, 0) is 14.4 Å². The Labute approximate surface area is 217 Å². The van der Waals surface area contributed by atoms with Crippen LogP contribution in [0.1, 0.15) is 50.3 Å². The molecule has 2 amide bonds. The van der Waals surface area contributed by atoms with Crippen LogP contribution in [0.4, 0.5) is 11.4 Å². The van der Waals surface area contributed by atoms with E-state index in [0.717, 1.165) is 42.4 Å². The van der Waals surface area contributed by atoms with Crippen LogP contribution in [-0.4, -0.2) is 33.4 Å². The van der Waals surface area contributed by atoms with E-state index in [2.05, 4.69) is 5.32 Å². The second kappa shape index (κ2) is 9.05. The van der Waals surface area contributed by atoms with E-state index in [1.54, 1.807) is 12.1 Å². The van der Waals surface area contributed by atoms with E-state index in [4.69, 9.17) is 4.42 Å². The van der Waals surface area contributed by atoms with Crippen LogP contribution in [0.15, 0.2) is 59.0 Å². The number of carbonyl (C=O) groups excluding carboxylic acids is 2. The molecule has 0 bridgehead atoms. The number of carbonyl (C=O) groups is 3. The molecule has 2 saturated heterocycles. The molecule has 3 fully saturated rings. The van der Waals surface area contributed by atoms with Crippen LogP contribution in [0, 0.1) is 27.9 Å². The highest BCUT2D eigenvalue weighted by Crippen LogP contribution is 2.53. The molecular formula is C28H27N3O7. The summed E-state index contributed by atoms with van der Waals surface area (Å²) in [5.74, 6) is -4.19. The lowest BCUT2D eigenvalue weighted by atomic mass is 9.72. The summed E-state index contributed by atoms with van der Waals surface area (Å²) in [6, 6.07) is 13.5. The maximum atomic E-state index is 14.0. The number of aliphatic carboxylic acids is 1. The number of carboxylic acid groups (broad SMARTS) is 1. The van der Waals surface area contributed by atoms with E-state index in [-0.39, 0.29) is 23.7 Å². The summed E-state index contributed by atoms with van der Waals surface area (Å²) in [6.07, 6.45) is 5.01. The highest BCUT2D eigenvalue weighted by atomic mass is 16.6. The van der Waals surface area contributed by atoms with Crippen molar-refractivity contribution < 1.29 is 28.8 Å². The van der Waals surface area contributed by atoms with Crippen LogP contribution in [0.25, 0.3) is 11.0 Å². The maximum absolute atomic E-state index is 14.0. The van der Waals surface area contributed by atoms with Gasteiger partial charge in [0.2, 0.25) is 11.8 Å². The van der Waals surface area contributed by atoms with Gasteiger partial charge in [-0.25, -0.2) is 4.90 Å². The fourth-order valence-electron chi connectivity index (χ4n) is 6.72. The van der Waals surface area contributed by atoms with E-state index < -0.39 is 46.1 Å². The normalized spacial score (nSPS) is 27.7. The Bertz CT molecular complexity index is 1430. The van der Waals surface area contributed by atoms with Gasteiger partial charge in [-0.15, -0.1) is 0 Å². The largest absolute Gasteiger partial charge is 0.480 e. The molecule has 2 aliphatic heterocycles. The zero-order valence-electron chi connectivity index (χ0n) is 20.5. The first kappa shape index (κ1) is 24.3. The van der Waals surface area contributed by atoms with Crippen molar-refractivity contribution in [3.8, 4) is 0 Å². The molecule has 2 aromatic carbocycles. The van der Waals surface area contributed by atoms with E-state index >= 15 is 0 Å². The number of fused-ring (bicyclic) bond motifs is 2. The van der Waals surface area contributed by atoms with Crippen molar-refractivity contribution in [3.63, 3.8) is 0 Å².